The molecule has 1 saturated carbocycles. The molecular weight excluding hydrogens is 361 g/mol. The van der Waals surface area contributed by atoms with Crippen LogP contribution < -0.4 is 0 Å². The number of alkyl halides is 3. The smallest absolute Gasteiger partial charge is 0.390 e. The van der Waals surface area contributed by atoms with Gasteiger partial charge in [0.25, 0.3) is 0 Å². The minimum absolute atomic E-state index is 0.0564. The predicted molar refractivity (Wildman–Crippen MR) is 70.0 cm³/mol. The lowest BCUT2D eigenvalue weighted by Crippen LogP contribution is -2.48. The molecule has 0 spiro atoms. The molecule has 0 bridgehead atoms. The number of benzene rings is 1. The molecule has 0 aromatic heterocycles. The third-order valence-corrected chi connectivity index (χ3v) is 5.98. The van der Waals surface area contributed by atoms with Crippen molar-refractivity contribution in [2.45, 2.75) is 41.7 Å². The van der Waals surface area contributed by atoms with Gasteiger partial charge in [-0.25, -0.2) is 8.42 Å². The Morgan fingerprint density at radius 1 is 1.35 bits per heavy atom. The molecule has 1 aliphatic rings. The SMILES string of the molecule is C[C@]1(O)C[C@@H](S(=O)(=O)c2cc(Br)ccc2C(F)(F)F)C1. The summed E-state index contributed by atoms with van der Waals surface area (Å²) in [5, 5.41) is 8.60. The first kappa shape index (κ1) is 15.8. The van der Waals surface area contributed by atoms with E-state index in [0.717, 1.165) is 18.2 Å². The highest BCUT2D eigenvalue weighted by molar-refractivity contribution is 9.10. The van der Waals surface area contributed by atoms with Crippen LogP contribution in [-0.2, 0) is 16.0 Å². The summed E-state index contributed by atoms with van der Waals surface area (Å²) in [6.45, 7) is 1.46. The van der Waals surface area contributed by atoms with Gasteiger partial charge in [0.1, 0.15) is 0 Å². The third kappa shape index (κ3) is 2.87. The Hall–Kier alpha value is -0.600. The Morgan fingerprint density at radius 2 is 1.90 bits per heavy atom. The van der Waals surface area contributed by atoms with Gasteiger partial charge < -0.3 is 5.11 Å². The Labute approximate surface area is 122 Å². The fourth-order valence-corrected chi connectivity index (χ4v) is 5.10. The van der Waals surface area contributed by atoms with Crippen molar-refractivity contribution in [1.29, 1.82) is 0 Å². The van der Waals surface area contributed by atoms with E-state index < -0.39 is 37.3 Å². The van der Waals surface area contributed by atoms with Crippen molar-refractivity contribution in [3.05, 3.63) is 28.2 Å². The van der Waals surface area contributed by atoms with Gasteiger partial charge in [0.2, 0.25) is 0 Å². The van der Waals surface area contributed by atoms with E-state index in [4.69, 9.17) is 0 Å². The second-order valence-corrected chi connectivity index (χ2v) is 8.32. The lowest BCUT2D eigenvalue weighted by atomic mass is 9.82. The zero-order valence-electron chi connectivity index (χ0n) is 10.4. The molecule has 1 fully saturated rings. The lowest BCUT2D eigenvalue weighted by Gasteiger charge is -2.40. The summed E-state index contributed by atoms with van der Waals surface area (Å²) in [5.41, 5.74) is -2.30. The number of aliphatic hydroxyl groups is 1. The standard InChI is InChI=1S/C12H12BrF3O3S/c1-11(17)5-8(6-11)20(18,19)10-4-7(13)2-3-9(10)12(14,15)16/h2-4,8,17H,5-6H2,1H3/t8-,11+. The number of sulfone groups is 1. The molecule has 0 amide bonds. The molecule has 3 nitrogen and oxygen atoms in total. The molecule has 0 saturated heterocycles. The van der Waals surface area contributed by atoms with E-state index in [-0.39, 0.29) is 17.3 Å². The second kappa shape index (κ2) is 4.71. The Balaban J connectivity index is 2.49. The molecular formula is C12H12BrF3O3S. The summed E-state index contributed by atoms with van der Waals surface area (Å²) >= 11 is 2.99. The summed E-state index contributed by atoms with van der Waals surface area (Å²) in [4.78, 5) is -0.736. The highest BCUT2D eigenvalue weighted by Crippen LogP contribution is 2.43. The summed E-state index contributed by atoms with van der Waals surface area (Å²) < 4.78 is 63.6. The van der Waals surface area contributed by atoms with Crippen LogP contribution in [0.5, 0.6) is 0 Å². The predicted octanol–water partition coefficient (Wildman–Crippen LogP) is 3.16. The first-order valence-corrected chi connectivity index (χ1v) is 8.10. The molecule has 0 aliphatic heterocycles. The van der Waals surface area contributed by atoms with E-state index in [9.17, 15) is 26.7 Å². The minimum Gasteiger partial charge on any atom is -0.390 e. The van der Waals surface area contributed by atoms with Gasteiger partial charge in [0, 0.05) is 4.47 Å². The normalized spacial score (nSPS) is 27.2. The van der Waals surface area contributed by atoms with E-state index in [1.54, 1.807) is 0 Å². The highest BCUT2D eigenvalue weighted by atomic mass is 79.9. The van der Waals surface area contributed by atoms with Crippen LogP contribution in [0.2, 0.25) is 0 Å². The molecule has 0 radical (unpaired) electrons. The van der Waals surface area contributed by atoms with Crippen molar-refractivity contribution < 1.29 is 26.7 Å². The molecule has 20 heavy (non-hydrogen) atoms. The first-order chi connectivity index (χ1) is 8.93. The Bertz CT molecular complexity index is 630. The van der Waals surface area contributed by atoms with Crippen molar-refractivity contribution in [3.63, 3.8) is 0 Å². The largest absolute Gasteiger partial charge is 0.417 e. The van der Waals surface area contributed by atoms with Crippen LogP contribution in [0.1, 0.15) is 25.3 Å². The van der Waals surface area contributed by atoms with Crippen molar-refractivity contribution in [3.8, 4) is 0 Å². The van der Waals surface area contributed by atoms with Gasteiger partial charge in [-0.2, -0.15) is 13.2 Å². The van der Waals surface area contributed by atoms with Crippen LogP contribution in [0, 0.1) is 0 Å². The maximum Gasteiger partial charge on any atom is 0.417 e. The average Bonchev–Trinajstić information content (AvgIpc) is 2.23. The molecule has 112 valence electrons. The topological polar surface area (TPSA) is 54.4 Å². The maximum atomic E-state index is 12.9. The fourth-order valence-electron chi connectivity index (χ4n) is 2.29. The quantitative estimate of drug-likeness (QED) is 0.867. The second-order valence-electron chi connectivity index (χ2n) is 5.21. The van der Waals surface area contributed by atoms with Crippen molar-refractivity contribution in [2.75, 3.05) is 0 Å². The number of rotatable bonds is 2. The van der Waals surface area contributed by atoms with Crippen LogP contribution in [-0.4, -0.2) is 24.4 Å². The summed E-state index contributed by atoms with van der Waals surface area (Å²) in [6.07, 6.45) is -4.85. The van der Waals surface area contributed by atoms with E-state index in [0.29, 0.717) is 0 Å². The van der Waals surface area contributed by atoms with Crippen molar-refractivity contribution in [2.24, 2.45) is 0 Å². The van der Waals surface area contributed by atoms with Gasteiger partial charge in [0.05, 0.1) is 21.3 Å². The van der Waals surface area contributed by atoms with Crippen LogP contribution in [0.25, 0.3) is 0 Å². The Morgan fingerprint density at radius 3 is 2.35 bits per heavy atom. The van der Waals surface area contributed by atoms with Crippen LogP contribution >= 0.6 is 15.9 Å². The zero-order chi connectivity index (χ0) is 15.3. The fraction of sp³-hybridized carbons (Fsp3) is 0.500. The number of halogens is 4. The van der Waals surface area contributed by atoms with Crippen LogP contribution in [0.3, 0.4) is 0 Å². The molecule has 0 unspecified atom stereocenters. The Kier molecular flexibility index (Phi) is 3.71. The molecule has 1 N–H and O–H groups in total. The van der Waals surface area contributed by atoms with Gasteiger partial charge in [-0.3, -0.25) is 0 Å². The van der Waals surface area contributed by atoms with E-state index in [1.165, 1.54) is 6.92 Å². The zero-order valence-corrected chi connectivity index (χ0v) is 12.8. The average molecular weight is 373 g/mol. The third-order valence-electron chi connectivity index (χ3n) is 3.33. The van der Waals surface area contributed by atoms with Crippen LogP contribution in [0.15, 0.2) is 27.6 Å². The molecule has 0 heterocycles. The van der Waals surface area contributed by atoms with Gasteiger partial charge in [-0.1, -0.05) is 15.9 Å². The van der Waals surface area contributed by atoms with E-state index >= 15 is 0 Å². The number of hydrogen-bond donors (Lipinski definition) is 1. The molecule has 2 rings (SSSR count). The van der Waals surface area contributed by atoms with Crippen molar-refractivity contribution in [1.82, 2.24) is 0 Å². The maximum absolute atomic E-state index is 12.9. The van der Waals surface area contributed by atoms with Gasteiger partial charge in [-0.05, 0) is 38.0 Å². The minimum atomic E-state index is -4.74. The highest BCUT2D eigenvalue weighted by Gasteiger charge is 2.48. The van der Waals surface area contributed by atoms with Gasteiger partial charge >= 0.3 is 6.18 Å². The molecule has 1 aromatic rings. The summed E-state index contributed by atoms with van der Waals surface area (Å²) in [7, 11) is -4.12. The monoisotopic (exact) mass is 372 g/mol. The molecule has 1 aromatic carbocycles. The molecule has 1 aliphatic carbocycles. The van der Waals surface area contributed by atoms with Crippen molar-refractivity contribution >= 4 is 25.8 Å². The van der Waals surface area contributed by atoms with E-state index in [1.807, 2.05) is 0 Å². The summed E-state index contributed by atoms with van der Waals surface area (Å²) in [6, 6.07) is 2.86. The van der Waals surface area contributed by atoms with E-state index in [2.05, 4.69) is 15.9 Å². The van der Waals surface area contributed by atoms with Crippen LogP contribution in [0.4, 0.5) is 13.2 Å². The van der Waals surface area contributed by atoms with Gasteiger partial charge in [0.15, 0.2) is 9.84 Å². The first-order valence-electron chi connectivity index (χ1n) is 5.76. The molecule has 8 heteroatoms. The van der Waals surface area contributed by atoms with Gasteiger partial charge in [-0.15, -0.1) is 0 Å². The summed E-state index contributed by atoms with van der Waals surface area (Å²) in [5.74, 6) is 0. The lowest BCUT2D eigenvalue weighted by molar-refractivity contribution is -0.139. The molecule has 0 atom stereocenters. The number of hydrogen-bond acceptors (Lipinski definition) is 3.